The molecule has 0 radical (unpaired) electrons. The van der Waals surface area contributed by atoms with E-state index in [2.05, 4.69) is 9.88 Å². The summed E-state index contributed by atoms with van der Waals surface area (Å²) in [6.07, 6.45) is 1.65. The Kier molecular flexibility index (Phi) is 4.06. The van der Waals surface area contributed by atoms with Crippen LogP contribution in [0.3, 0.4) is 0 Å². The number of nitrogens with zero attached hydrogens (tertiary/aromatic N) is 3. The summed E-state index contributed by atoms with van der Waals surface area (Å²) in [4.78, 5) is 20.5. The average Bonchev–Trinajstić information content (AvgIpc) is 2.55. The van der Waals surface area contributed by atoms with Crippen molar-refractivity contribution in [3.05, 3.63) is 59.4 Å². The van der Waals surface area contributed by atoms with Gasteiger partial charge in [0, 0.05) is 43.1 Å². The van der Waals surface area contributed by atoms with E-state index in [1.165, 1.54) is 0 Å². The summed E-state index contributed by atoms with van der Waals surface area (Å²) in [5.41, 5.74) is 1.61. The number of benzene rings is 1. The topological polar surface area (TPSA) is 36.4 Å². The van der Waals surface area contributed by atoms with Crippen molar-refractivity contribution in [1.29, 1.82) is 0 Å². The Morgan fingerprint density at radius 3 is 2.52 bits per heavy atom. The summed E-state index contributed by atoms with van der Waals surface area (Å²) in [6.45, 7) is 3.00. The summed E-state index contributed by atoms with van der Waals surface area (Å²) in [5.74, 6) is 0.00124. The molecule has 108 valence electrons. The molecule has 1 aliphatic heterocycles. The number of pyridine rings is 1. The molecule has 1 aromatic heterocycles. The van der Waals surface area contributed by atoms with E-state index < -0.39 is 0 Å². The third-order valence-corrected chi connectivity index (χ3v) is 3.86. The Bertz CT molecular complexity index is 624. The second kappa shape index (κ2) is 6.14. The van der Waals surface area contributed by atoms with Gasteiger partial charge in [0.25, 0.3) is 5.91 Å². The number of piperazine rings is 1. The largest absolute Gasteiger partial charge is 0.368 e. The molecular formula is C16H16ClN3O. The van der Waals surface area contributed by atoms with Gasteiger partial charge in [-0.2, -0.15) is 0 Å². The molecule has 1 amide bonds. The Balaban J connectivity index is 1.64. The summed E-state index contributed by atoms with van der Waals surface area (Å²) < 4.78 is 0. The number of anilines is 1. The zero-order valence-corrected chi connectivity index (χ0v) is 12.3. The summed E-state index contributed by atoms with van der Waals surface area (Å²) in [5, 5.41) is 0.736. The molecule has 0 spiro atoms. The number of aromatic nitrogens is 1. The van der Waals surface area contributed by atoms with E-state index in [-0.39, 0.29) is 5.91 Å². The summed E-state index contributed by atoms with van der Waals surface area (Å²) >= 11 is 6.02. The Morgan fingerprint density at radius 1 is 1.05 bits per heavy atom. The van der Waals surface area contributed by atoms with Crippen molar-refractivity contribution in [3.8, 4) is 0 Å². The number of amides is 1. The molecule has 1 aliphatic rings. The molecule has 5 heteroatoms. The van der Waals surface area contributed by atoms with Gasteiger partial charge in [-0.25, -0.2) is 0 Å². The first-order valence-electron chi connectivity index (χ1n) is 6.95. The van der Waals surface area contributed by atoms with Crippen LogP contribution in [0.15, 0.2) is 48.7 Å². The molecule has 1 fully saturated rings. The van der Waals surface area contributed by atoms with Crippen LogP contribution in [0.25, 0.3) is 0 Å². The van der Waals surface area contributed by atoms with Crippen molar-refractivity contribution in [1.82, 2.24) is 9.88 Å². The molecule has 2 heterocycles. The van der Waals surface area contributed by atoms with Gasteiger partial charge in [0.1, 0.15) is 5.69 Å². The predicted molar refractivity (Wildman–Crippen MR) is 83.8 cm³/mol. The maximum Gasteiger partial charge on any atom is 0.272 e. The van der Waals surface area contributed by atoms with Crippen LogP contribution >= 0.6 is 11.6 Å². The zero-order valence-electron chi connectivity index (χ0n) is 11.6. The van der Waals surface area contributed by atoms with Gasteiger partial charge in [0.2, 0.25) is 0 Å². The molecular weight excluding hydrogens is 286 g/mol. The van der Waals surface area contributed by atoms with E-state index in [9.17, 15) is 4.79 Å². The second-order valence-electron chi connectivity index (χ2n) is 4.97. The van der Waals surface area contributed by atoms with E-state index in [1.807, 2.05) is 41.3 Å². The van der Waals surface area contributed by atoms with E-state index >= 15 is 0 Å². The molecule has 21 heavy (non-hydrogen) atoms. The van der Waals surface area contributed by atoms with Gasteiger partial charge < -0.3 is 9.80 Å². The molecule has 0 unspecified atom stereocenters. The first-order chi connectivity index (χ1) is 10.2. The van der Waals surface area contributed by atoms with E-state index in [4.69, 9.17) is 11.6 Å². The first kappa shape index (κ1) is 13.9. The third kappa shape index (κ3) is 3.16. The van der Waals surface area contributed by atoms with E-state index in [0.29, 0.717) is 18.8 Å². The summed E-state index contributed by atoms with van der Waals surface area (Å²) in [7, 11) is 0. The minimum atomic E-state index is 0.00124. The lowest BCUT2D eigenvalue weighted by Crippen LogP contribution is -2.49. The first-order valence-corrected chi connectivity index (χ1v) is 7.33. The van der Waals surface area contributed by atoms with E-state index in [0.717, 1.165) is 23.8 Å². The molecule has 0 saturated carbocycles. The Morgan fingerprint density at radius 2 is 1.86 bits per heavy atom. The predicted octanol–water partition coefficient (Wildman–Crippen LogP) is 2.70. The summed E-state index contributed by atoms with van der Waals surface area (Å²) in [6, 6.07) is 13.2. The van der Waals surface area contributed by atoms with Gasteiger partial charge in [-0.05, 0) is 30.3 Å². The van der Waals surface area contributed by atoms with Crippen LogP contribution < -0.4 is 4.90 Å². The van der Waals surface area contributed by atoms with Crippen molar-refractivity contribution in [2.45, 2.75) is 0 Å². The Labute approximate surface area is 129 Å². The standard InChI is InChI=1S/C16H16ClN3O/c17-13-4-3-5-14(12-13)19-8-10-20(11-9-19)16(21)15-6-1-2-7-18-15/h1-7,12H,8-11H2. The lowest BCUT2D eigenvalue weighted by Gasteiger charge is -2.36. The van der Waals surface area contributed by atoms with Gasteiger partial charge in [-0.1, -0.05) is 23.7 Å². The third-order valence-electron chi connectivity index (χ3n) is 3.62. The maximum atomic E-state index is 12.3. The number of halogens is 1. The molecule has 0 bridgehead atoms. The molecule has 4 nitrogen and oxygen atoms in total. The van der Waals surface area contributed by atoms with Crippen LogP contribution in [0.1, 0.15) is 10.5 Å². The van der Waals surface area contributed by atoms with Gasteiger partial charge >= 0.3 is 0 Å². The number of carbonyl (C=O) groups is 1. The fourth-order valence-electron chi connectivity index (χ4n) is 2.49. The average molecular weight is 302 g/mol. The number of hydrogen-bond donors (Lipinski definition) is 0. The van der Waals surface area contributed by atoms with Crippen LogP contribution in [0, 0.1) is 0 Å². The van der Waals surface area contributed by atoms with Crippen LogP contribution in [0.5, 0.6) is 0 Å². The highest BCUT2D eigenvalue weighted by molar-refractivity contribution is 6.30. The molecule has 1 aromatic carbocycles. The fourth-order valence-corrected chi connectivity index (χ4v) is 2.68. The van der Waals surface area contributed by atoms with Crippen LogP contribution in [-0.4, -0.2) is 42.0 Å². The zero-order chi connectivity index (χ0) is 14.7. The van der Waals surface area contributed by atoms with E-state index in [1.54, 1.807) is 12.3 Å². The van der Waals surface area contributed by atoms with Crippen molar-refractivity contribution in [2.75, 3.05) is 31.1 Å². The number of hydrogen-bond acceptors (Lipinski definition) is 3. The van der Waals surface area contributed by atoms with Crippen molar-refractivity contribution in [2.24, 2.45) is 0 Å². The Hall–Kier alpha value is -2.07. The van der Waals surface area contributed by atoms with Crippen LogP contribution in [0.2, 0.25) is 5.02 Å². The van der Waals surface area contributed by atoms with Crippen LogP contribution in [-0.2, 0) is 0 Å². The highest BCUT2D eigenvalue weighted by Gasteiger charge is 2.22. The monoisotopic (exact) mass is 301 g/mol. The lowest BCUT2D eigenvalue weighted by molar-refractivity contribution is 0.0741. The van der Waals surface area contributed by atoms with Crippen molar-refractivity contribution < 1.29 is 4.79 Å². The van der Waals surface area contributed by atoms with Crippen molar-refractivity contribution in [3.63, 3.8) is 0 Å². The number of carbonyl (C=O) groups excluding carboxylic acids is 1. The smallest absolute Gasteiger partial charge is 0.272 e. The molecule has 0 atom stereocenters. The molecule has 3 rings (SSSR count). The molecule has 0 aliphatic carbocycles. The minimum absolute atomic E-state index is 0.00124. The second-order valence-corrected chi connectivity index (χ2v) is 5.41. The van der Waals surface area contributed by atoms with Gasteiger partial charge in [-0.3, -0.25) is 9.78 Å². The SMILES string of the molecule is O=C(c1ccccn1)N1CCN(c2cccc(Cl)c2)CC1. The van der Waals surface area contributed by atoms with Gasteiger partial charge in [0.15, 0.2) is 0 Å². The van der Waals surface area contributed by atoms with Crippen molar-refractivity contribution >= 4 is 23.2 Å². The quantitative estimate of drug-likeness (QED) is 0.856. The minimum Gasteiger partial charge on any atom is -0.368 e. The van der Waals surface area contributed by atoms with Crippen LogP contribution in [0.4, 0.5) is 5.69 Å². The van der Waals surface area contributed by atoms with Gasteiger partial charge in [-0.15, -0.1) is 0 Å². The molecule has 1 saturated heterocycles. The molecule has 0 N–H and O–H groups in total. The maximum absolute atomic E-state index is 12.3. The fraction of sp³-hybridized carbons (Fsp3) is 0.250. The normalized spacial score (nSPS) is 15.1. The lowest BCUT2D eigenvalue weighted by atomic mass is 10.2. The highest BCUT2D eigenvalue weighted by atomic mass is 35.5. The van der Waals surface area contributed by atoms with Gasteiger partial charge in [0.05, 0.1) is 0 Å². The highest BCUT2D eigenvalue weighted by Crippen LogP contribution is 2.21. The molecule has 2 aromatic rings. The number of rotatable bonds is 2.